The van der Waals surface area contributed by atoms with Crippen molar-refractivity contribution in [1.82, 2.24) is 4.90 Å². The van der Waals surface area contributed by atoms with Crippen molar-refractivity contribution in [1.29, 1.82) is 5.26 Å². The van der Waals surface area contributed by atoms with E-state index in [1.807, 2.05) is 6.08 Å². The van der Waals surface area contributed by atoms with Crippen molar-refractivity contribution in [2.24, 2.45) is 23.2 Å². The molecule has 0 radical (unpaired) electrons. The summed E-state index contributed by atoms with van der Waals surface area (Å²) in [6, 6.07) is 2.10. The minimum atomic E-state index is 0.0681. The van der Waals surface area contributed by atoms with E-state index in [1.54, 1.807) is 11.9 Å². The first-order valence-corrected chi connectivity index (χ1v) is 8.33. The predicted molar refractivity (Wildman–Crippen MR) is 82.2 cm³/mol. The van der Waals surface area contributed by atoms with Crippen LogP contribution in [0.1, 0.15) is 51.9 Å². The molecule has 0 atom stereocenters. The van der Waals surface area contributed by atoms with Crippen molar-refractivity contribution >= 4 is 5.91 Å². The summed E-state index contributed by atoms with van der Waals surface area (Å²) in [4.78, 5) is 14.0. The lowest BCUT2D eigenvalue weighted by atomic mass is 9.48. The highest BCUT2D eigenvalue weighted by Gasteiger charge is 2.51. The standard InChI is InChI=1S/C18H26N2O/c1-13(6-17(21)20(2)5-3-4-19)18-10-14-7-15(11-18)9-16(8-14)12-18/h6,14-16H,3,5,7-12H2,1-2H3/b13-6+. The molecule has 3 nitrogen and oxygen atoms in total. The lowest BCUT2D eigenvalue weighted by Gasteiger charge is -2.57. The molecule has 0 aromatic carbocycles. The summed E-state index contributed by atoms with van der Waals surface area (Å²) in [5.74, 6) is 2.79. The van der Waals surface area contributed by atoms with E-state index in [0.717, 1.165) is 17.8 Å². The van der Waals surface area contributed by atoms with E-state index < -0.39 is 0 Å². The third-order valence-electron chi connectivity index (χ3n) is 6.15. The van der Waals surface area contributed by atoms with E-state index in [9.17, 15) is 4.79 Å². The molecular formula is C18H26N2O. The number of carbonyl (C=O) groups is 1. The van der Waals surface area contributed by atoms with Crippen LogP contribution >= 0.6 is 0 Å². The summed E-state index contributed by atoms with van der Waals surface area (Å²) in [5, 5.41) is 8.63. The first-order valence-electron chi connectivity index (χ1n) is 8.33. The first kappa shape index (κ1) is 14.6. The molecule has 114 valence electrons. The Bertz CT molecular complexity index is 465. The molecule has 4 aliphatic carbocycles. The largest absolute Gasteiger partial charge is 0.341 e. The number of carbonyl (C=O) groups excluding carboxylic acids is 1. The molecule has 21 heavy (non-hydrogen) atoms. The van der Waals surface area contributed by atoms with Gasteiger partial charge in [-0.3, -0.25) is 4.79 Å². The number of amides is 1. The van der Waals surface area contributed by atoms with Crippen molar-refractivity contribution in [3.05, 3.63) is 11.6 Å². The Balaban J connectivity index is 1.72. The van der Waals surface area contributed by atoms with E-state index >= 15 is 0 Å². The van der Waals surface area contributed by atoms with Gasteiger partial charge in [0.05, 0.1) is 12.5 Å². The summed E-state index contributed by atoms with van der Waals surface area (Å²) in [7, 11) is 1.79. The second-order valence-corrected chi connectivity index (χ2v) is 7.69. The minimum absolute atomic E-state index is 0.0681. The monoisotopic (exact) mass is 286 g/mol. The van der Waals surface area contributed by atoms with Crippen LogP contribution in [0.2, 0.25) is 0 Å². The predicted octanol–water partition coefficient (Wildman–Crippen LogP) is 3.52. The topological polar surface area (TPSA) is 44.1 Å². The molecule has 0 spiro atoms. The third-order valence-corrected chi connectivity index (χ3v) is 6.15. The van der Waals surface area contributed by atoms with E-state index in [2.05, 4.69) is 13.0 Å². The lowest BCUT2D eigenvalue weighted by molar-refractivity contribution is -0.125. The molecule has 0 aromatic rings. The molecule has 4 aliphatic rings. The molecule has 1 amide bonds. The zero-order valence-electron chi connectivity index (χ0n) is 13.3. The van der Waals surface area contributed by atoms with E-state index in [1.165, 1.54) is 44.1 Å². The van der Waals surface area contributed by atoms with Gasteiger partial charge in [0.15, 0.2) is 0 Å². The zero-order chi connectivity index (χ0) is 15.0. The van der Waals surface area contributed by atoms with Crippen LogP contribution in [0.5, 0.6) is 0 Å². The summed E-state index contributed by atoms with van der Waals surface area (Å²) in [6.45, 7) is 2.70. The van der Waals surface area contributed by atoms with E-state index in [4.69, 9.17) is 5.26 Å². The quantitative estimate of drug-likeness (QED) is 0.742. The van der Waals surface area contributed by atoms with Gasteiger partial charge in [-0.15, -0.1) is 0 Å². The fourth-order valence-electron chi connectivity index (χ4n) is 5.37. The maximum Gasteiger partial charge on any atom is 0.246 e. The maximum atomic E-state index is 12.3. The Morgan fingerprint density at radius 3 is 2.24 bits per heavy atom. The van der Waals surface area contributed by atoms with Crippen molar-refractivity contribution in [3.63, 3.8) is 0 Å². The number of rotatable bonds is 4. The van der Waals surface area contributed by atoms with Crippen LogP contribution in [0, 0.1) is 34.5 Å². The molecule has 4 fully saturated rings. The molecule has 0 aliphatic heterocycles. The number of nitrogens with zero attached hydrogens (tertiary/aromatic N) is 2. The third kappa shape index (κ3) is 2.73. The summed E-state index contributed by atoms with van der Waals surface area (Å²) < 4.78 is 0. The van der Waals surface area contributed by atoms with E-state index in [-0.39, 0.29) is 5.91 Å². The minimum Gasteiger partial charge on any atom is -0.341 e. The first-order chi connectivity index (χ1) is 10.0. The van der Waals surface area contributed by atoms with Gasteiger partial charge in [0.1, 0.15) is 0 Å². The average Bonchev–Trinajstić information content (AvgIpc) is 2.43. The van der Waals surface area contributed by atoms with Crippen LogP contribution in [0.3, 0.4) is 0 Å². The summed E-state index contributed by atoms with van der Waals surface area (Å²) >= 11 is 0. The highest BCUT2D eigenvalue weighted by molar-refractivity contribution is 5.88. The number of hydrogen-bond donors (Lipinski definition) is 0. The van der Waals surface area contributed by atoms with Gasteiger partial charge in [0.2, 0.25) is 5.91 Å². The van der Waals surface area contributed by atoms with Gasteiger partial charge in [0.25, 0.3) is 0 Å². The Kier molecular flexibility index (Phi) is 3.82. The molecule has 4 saturated carbocycles. The van der Waals surface area contributed by atoms with Crippen molar-refractivity contribution < 1.29 is 4.79 Å². The summed E-state index contributed by atoms with van der Waals surface area (Å²) in [5.41, 5.74) is 1.62. The molecule has 0 aromatic heterocycles. The molecule has 0 N–H and O–H groups in total. The molecule has 0 heterocycles. The molecule has 4 rings (SSSR count). The van der Waals surface area contributed by atoms with Crippen molar-refractivity contribution in [2.75, 3.05) is 13.6 Å². The number of hydrogen-bond acceptors (Lipinski definition) is 2. The van der Waals surface area contributed by atoms with Crippen LogP contribution in [0.25, 0.3) is 0 Å². The van der Waals surface area contributed by atoms with Crippen LogP contribution in [0.4, 0.5) is 0 Å². The smallest absolute Gasteiger partial charge is 0.246 e. The van der Waals surface area contributed by atoms with Crippen molar-refractivity contribution in [3.8, 4) is 6.07 Å². The van der Waals surface area contributed by atoms with Crippen molar-refractivity contribution in [2.45, 2.75) is 51.9 Å². The fraction of sp³-hybridized carbons (Fsp3) is 0.778. The van der Waals surface area contributed by atoms with Gasteiger partial charge in [-0.05, 0) is 68.6 Å². The Morgan fingerprint density at radius 1 is 1.24 bits per heavy atom. The number of likely N-dealkylation sites (N-methyl/N-ethyl adjacent to an activating group) is 1. The summed E-state index contributed by atoms with van der Waals surface area (Å²) in [6.07, 6.45) is 10.5. The number of allylic oxidation sites excluding steroid dienone is 1. The average molecular weight is 286 g/mol. The van der Waals surface area contributed by atoms with Crippen LogP contribution in [-0.4, -0.2) is 24.4 Å². The molecule has 0 unspecified atom stereocenters. The lowest BCUT2D eigenvalue weighted by Crippen LogP contribution is -2.46. The second kappa shape index (κ2) is 5.48. The second-order valence-electron chi connectivity index (χ2n) is 7.69. The normalized spacial score (nSPS) is 37.4. The highest BCUT2D eigenvalue weighted by Crippen LogP contribution is 2.62. The molecule has 4 bridgehead atoms. The van der Waals surface area contributed by atoms with Gasteiger partial charge < -0.3 is 4.90 Å². The SMILES string of the molecule is C/C(=C\C(=O)N(C)CCC#N)C12CC3CC(CC(C3)C1)C2. The van der Waals surface area contributed by atoms with Crippen LogP contribution in [0.15, 0.2) is 11.6 Å². The highest BCUT2D eigenvalue weighted by atomic mass is 16.2. The van der Waals surface area contributed by atoms with Gasteiger partial charge >= 0.3 is 0 Å². The Labute approximate surface area is 128 Å². The van der Waals surface area contributed by atoms with Crippen LogP contribution < -0.4 is 0 Å². The Hall–Kier alpha value is -1.30. The number of nitriles is 1. The van der Waals surface area contributed by atoms with Gasteiger partial charge in [-0.1, -0.05) is 5.57 Å². The van der Waals surface area contributed by atoms with E-state index in [0.29, 0.717) is 18.4 Å². The molecule has 3 heteroatoms. The molecular weight excluding hydrogens is 260 g/mol. The van der Waals surface area contributed by atoms with Gasteiger partial charge in [-0.2, -0.15) is 5.26 Å². The zero-order valence-corrected chi connectivity index (χ0v) is 13.3. The molecule has 0 saturated heterocycles. The van der Waals surface area contributed by atoms with Gasteiger partial charge in [-0.25, -0.2) is 0 Å². The fourth-order valence-corrected chi connectivity index (χ4v) is 5.37. The Morgan fingerprint density at radius 2 is 1.76 bits per heavy atom. The van der Waals surface area contributed by atoms with Crippen LogP contribution in [-0.2, 0) is 4.79 Å². The maximum absolute atomic E-state index is 12.3. The van der Waals surface area contributed by atoms with Gasteiger partial charge in [0, 0.05) is 19.7 Å².